The van der Waals surface area contributed by atoms with Gasteiger partial charge in [-0.25, -0.2) is 4.98 Å². The van der Waals surface area contributed by atoms with Crippen LogP contribution in [-0.4, -0.2) is 22.8 Å². The number of anilines is 1. The van der Waals surface area contributed by atoms with Gasteiger partial charge in [-0.2, -0.15) is 0 Å². The van der Waals surface area contributed by atoms with E-state index in [1.165, 1.54) is 24.2 Å². The van der Waals surface area contributed by atoms with Crippen LogP contribution in [-0.2, 0) is 10.2 Å². The summed E-state index contributed by atoms with van der Waals surface area (Å²) < 4.78 is 0. The van der Waals surface area contributed by atoms with Gasteiger partial charge in [-0.05, 0) is 42.9 Å². The van der Waals surface area contributed by atoms with Crippen molar-refractivity contribution in [1.82, 2.24) is 10.3 Å². The predicted octanol–water partition coefficient (Wildman–Crippen LogP) is 4.08. The van der Waals surface area contributed by atoms with Crippen LogP contribution in [0.2, 0.25) is 0 Å². The molecule has 1 aromatic heterocycles. The van der Waals surface area contributed by atoms with Crippen LogP contribution in [0, 0.1) is 0 Å². The number of benzene rings is 1. The summed E-state index contributed by atoms with van der Waals surface area (Å²) in [5.74, 6) is 0.0392. The molecule has 3 rings (SSSR count). The summed E-state index contributed by atoms with van der Waals surface area (Å²) in [5, 5.41) is 8.11. The van der Waals surface area contributed by atoms with Crippen LogP contribution in [0.4, 0.5) is 5.13 Å². The van der Waals surface area contributed by atoms with E-state index < -0.39 is 6.04 Å². The number of nitrogens with zero attached hydrogens (tertiary/aromatic N) is 1. The van der Waals surface area contributed by atoms with Crippen molar-refractivity contribution in [2.24, 2.45) is 0 Å². The molecule has 2 aromatic rings. The number of aromatic nitrogens is 1. The first-order valence-corrected chi connectivity index (χ1v) is 9.79. The van der Waals surface area contributed by atoms with Gasteiger partial charge in [0.2, 0.25) is 5.91 Å². The van der Waals surface area contributed by atoms with E-state index in [-0.39, 0.29) is 17.2 Å². The summed E-state index contributed by atoms with van der Waals surface area (Å²) in [6.45, 7) is 8.05. The Morgan fingerprint density at radius 3 is 2.42 bits per heavy atom. The van der Waals surface area contributed by atoms with Crippen molar-refractivity contribution in [2.45, 2.75) is 57.9 Å². The minimum atomic E-state index is -0.641. The molecule has 138 valence electrons. The third-order valence-electron chi connectivity index (χ3n) is 4.50. The van der Waals surface area contributed by atoms with Gasteiger partial charge in [-0.3, -0.25) is 9.59 Å². The summed E-state index contributed by atoms with van der Waals surface area (Å²) in [6, 6.07) is 6.86. The zero-order valence-electron chi connectivity index (χ0n) is 15.6. The van der Waals surface area contributed by atoms with E-state index in [0.717, 1.165) is 11.3 Å². The fourth-order valence-corrected chi connectivity index (χ4v) is 3.39. The smallest absolute Gasteiger partial charge is 0.251 e. The summed E-state index contributed by atoms with van der Waals surface area (Å²) in [7, 11) is 0. The van der Waals surface area contributed by atoms with E-state index in [1.807, 2.05) is 17.5 Å². The number of rotatable bonds is 5. The molecule has 2 N–H and O–H groups in total. The lowest BCUT2D eigenvalue weighted by Crippen LogP contribution is -2.41. The van der Waals surface area contributed by atoms with E-state index in [1.54, 1.807) is 19.1 Å². The van der Waals surface area contributed by atoms with Crippen LogP contribution in [0.3, 0.4) is 0 Å². The van der Waals surface area contributed by atoms with Crippen LogP contribution in [0.25, 0.3) is 0 Å². The average Bonchev–Trinajstić information content (AvgIpc) is 3.34. The normalized spacial score (nSPS) is 15.4. The van der Waals surface area contributed by atoms with Crippen LogP contribution >= 0.6 is 11.3 Å². The molecule has 1 aromatic carbocycles. The second kappa shape index (κ2) is 7.19. The summed E-state index contributed by atoms with van der Waals surface area (Å²) in [4.78, 5) is 29.1. The number of amides is 2. The molecule has 26 heavy (non-hydrogen) atoms. The van der Waals surface area contributed by atoms with Gasteiger partial charge >= 0.3 is 0 Å². The first-order chi connectivity index (χ1) is 12.2. The van der Waals surface area contributed by atoms with Crippen LogP contribution < -0.4 is 10.6 Å². The fraction of sp³-hybridized carbons (Fsp3) is 0.450. The Morgan fingerprint density at radius 2 is 1.85 bits per heavy atom. The lowest BCUT2D eigenvalue weighted by molar-refractivity contribution is -0.117. The highest BCUT2D eigenvalue weighted by Gasteiger charge is 2.26. The Bertz CT molecular complexity index is 801. The second-order valence-corrected chi connectivity index (χ2v) is 8.72. The molecule has 5 nitrogen and oxygen atoms in total. The van der Waals surface area contributed by atoms with Crippen LogP contribution in [0.1, 0.15) is 68.1 Å². The van der Waals surface area contributed by atoms with E-state index in [0.29, 0.717) is 16.6 Å². The van der Waals surface area contributed by atoms with Crippen molar-refractivity contribution in [3.8, 4) is 0 Å². The van der Waals surface area contributed by atoms with E-state index in [2.05, 4.69) is 36.4 Å². The number of thiazole rings is 1. The van der Waals surface area contributed by atoms with Gasteiger partial charge in [-0.1, -0.05) is 32.9 Å². The quantitative estimate of drug-likeness (QED) is 0.832. The van der Waals surface area contributed by atoms with E-state index >= 15 is 0 Å². The van der Waals surface area contributed by atoms with Gasteiger partial charge in [0.15, 0.2) is 5.13 Å². The standard InChI is InChI=1S/C20H25N3O2S/c1-12(17(24)23-19-22-16(11-26-19)13-5-6-13)21-18(25)14-7-9-15(10-8-14)20(2,3)4/h7-13H,5-6H2,1-4H3,(H,21,25)(H,22,23,24)/t12-/m0/s1. The first-order valence-electron chi connectivity index (χ1n) is 8.92. The number of hydrogen-bond acceptors (Lipinski definition) is 4. The molecule has 1 heterocycles. The molecule has 0 aliphatic heterocycles. The molecule has 0 radical (unpaired) electrons. The van der Waals surface area contributed by atoms with Crippen molar-refractivity contribution >= 4 is 28.3 Å². The molecule has 1 aliphatic carbocycles. The molecule has 1 aliphatic rings. The summed E-state index contributed by atoms with van der Waals surface area (Å²) in [6.07, 6.45) is 2.36. The third-order valence-corrected chi connectivity index (χ3v) is 5.28. The Labute approximate surface area is 158 Å². The van der Waals surface area contributed by atoms with Gasteiger partial charge < -0.3 is 10.6 Å². The van der Waals surface area contributed by atoms with Gasteiger partial charge in [0.25, 0.3) is 5.91 Å². The Balaban J connectivity index is 1.56. The van der Waals surface area contributed by atoms with Gasteiger partial charge in [0, 0.05) is 16.9 Å². The Morgan fingerprint density at radius 1 is 1.19 bits per heavy atom. The number of carbonyl (C=O) groups is 2. The SMILES string of the molecule is C[C@H](NC(=O)c1ccc(C(C)(C)C)cc1)C(=O)Nc1nc(C2CC2)cs1. The summed E-state index contributed by atoms with van der Waals surface area (Å²) in [5.41, 5.74) is 2.80. The Kier molecular flexibility index (Phi) is 5.14. The van der Waals surface area contributed by atoms with Crippen molar-refractivity contribution in [3.05, 3.63) is 46.5 Å². The number of nitrogens with one attached hydrogen (secondary N) is 2. The minimum Gasteiger partial charge on any atom is -0.341 e. The molecule has 0 unspecified atom stereocenters. The maximum absolute atomic E-state index is 12.4. The van der Waals surface area contributed by atoms with Crippen LogP contribution in [0.5, 0.6) is 0 Å². The largest absolute Gasteiger partial charge is 0.341 e. The van der Waals surface area contributed by atoms with Crippen molar-refractivity contribution < 1.29 is 9.59 Å². The number of carbonyl (C=O) groups excluding carboxylic acids is 2. The maximum Gasteiger partial charge on any atom is 0.251 e. The third kappa shape index (κ3) is 4.49. The Hall–Kier alpha value is -2.21. The van der Waals surface area contributed by atoms with Gasteiger partial charge in [0.1, 0.15) is 6.04 Å². The molecule has 1 atom stereocenters. The number of hydrogen-bond donors (Lipinski definition) is 2. The van der Waals surface area contributed by atoms with Crippen LogP contribution in [0.15, 0.2) is 29.6 Å². The molecular weight excluding hydrogens is 346 g/mol. The first kappa shape index (κ1) is 18.6. The highest BCUT2D eigenvalue weighted by atomic mass is 32.1. The molecule has 1 fully saturated rings. The monoisotopic (exact) mass is 371 g/mol. The topological polar surface area (TPSA) is 71.1 Å². The average molecular weight is 372 g/mol. The maximum atomic E-state index is 12.4. The van der Waals surface area contributed by atoms with Gasteiger partial charge in [-0.15, -0.1) is 11.3 Å². The molecule has 0 bridgehead atoms. The molecular formula is C20H25N3O2S. The highest BCUT2D eigenvalue weighted by Crippen LogP contribution is 2.40. The lowest BCUT2D eigenvalue weighted by atomic mass is 9.86. The second-order valence-electron chi connectivity index (χ2n) is 7.86. The predicted molar refractivity (Wildman–Crippen MR) is 105 cm³/mol. The van der Waals surface area contributed by atoms with Crippen molar-refractivity contribution in [3.63, 3.8) is 0 Å². The lowest BCUT2D eigenvalue weighted by Gasteiger charge is -2.19. The highest BCUT2D eigenvalue weighted by molar-refractivity contribution is 7.13. The molecule has 0 spiro atoms. The van der Waals surface area contributed by atoms with Gasteiger partial charge in [0.05, 0.1) is 5.69 Å². The van der Waals surface area contributed by atoms with E-state index in [4.69, 9.17) is 0 Å². The molecule has 6 heteroatoms. The fourth-order valence-electron chi connectivity index (χ4n) is 2.59. The van der Waals surface area contributed by atoms with Crippen molar-refractivity contribution in [1.29, 1.82) is 0 Å². The minimum absolute atomic E-state index is 0.0369. The molecule has 1 saturated carbocycles. The zero-order chi connectivity index (χ0) is 18.9. The van der Waals surface area contributed by atoms with E-state index in [9.17, 15) is 9.59 Å². The molecule has 0 saturated heterocycles. The molecule has 2 amide bonds. The summed E-state index contributed by atoms with van der Waals surface area (Å²) >= 11 is 1.43. The van der Waals surface area contributed by atoms with Crippen molar-refractivity contribution in [2.75, 3.05) is 5.32 Å². The zero-order valence-corrected chi connectivity index (χ0v) is 16.4.